The van der Waals surface area contributed by atoms with Gasteiger partial charge in [0.1, 0.15) is 23.9 Å². The van der Waals surface area contributed by atoms with Gasteiger partial charge in [-0.2, -0.15) is 0 Å². The van der Waals surface area contributed by atoms with Gasteiger partial charge in [0.05, 0.1) is 0 Å². The van der Waals surface area contributed by atoms with Gasteiger partial charge in [-0.3, -0.25) is 0 Å². The molecule has 2 heterocycles. The highest BCUT2D eigenvalue weighted by Gasteiger charge is 2.12. The monoisotopic (exact) mass is 414 g/mol. The number of fused-ring (bicyclic) bond motifs is 1. The maximum Gasteiger partial charge on any atom is 0.181 e. The van der Waals surface area contributed by atoms with Gasteiger partial charge in [-0.1, -0.05) is 72.8 Å². The summed E-state index contributed by atoms with van der Waals surface area (Å²) in [4.78, 5) is 8.58. The van der Waals surface area contributed by atoms with Gasteiger partial charge in [0, 0.05) is 11.1 Å². The van der Waals surface area contributed by atoms with E-state index in [1.54, 1.807) is 12.5 Å². The molecule has 0 atom stereocenters. The molecule has 0 spiro atoms. The summed E-state index contributed by atoms with van der Waals surface area (Å²) < 4.78 is 10.3. The second-order valence-corrected chi connectivity index (χ2v) is 7.62. The summed E-state index contributed by atoms with van der Waals surface area (Å²) in [7, 11) is 0. The fraction of sp³-hybridized carbons (Fsp3) is 0. The number of benzene rings is 4. The van der Waals surface area contributed by atoms with Gasteiger partial charge in [0.15, 0.2) is 12.8 Å². The minimum Gasteiger partial charge on any atom is -0.451 e. The zero-order chi connectivity index (χ0) is 21.3. The van der Waals surface area contributed by atoms with E-state index in [2.05, 4.69) is 82.8 Å². The Labute approximate surface area is 184 Å². The summed E-state index contributed by atoms with van der Waals surface area (Å²) in [6.45, 7) is 0. The van der Waals surface area contributed by atoms with Crippen LogP contribution < -0.4 is 0 Å². The van der Waals surface area contributed by atoms with Crippen molar-refractivity contribution in [1.29, 1.82) is 0 Å². The lowest BCUT2D eigenvalue weighted by Crippen LogP contribution is -1.88. The molecule has 0 N–H and O–H groups in total. The third-order valence-electron chi connectivity index (χ3n) is 5.73. The number of rotatable bonds is 4. The largest absolute Gasteiger partial charge is 0.451 e. The molecular formula is C28H18N2O2. The van der Waals surface area contributed by atoms with Crippen molar-refractivity contribution in [2.24, 2.45) is 0 Å². The molecule has 0 radical (unpaired) electrons. The van der Waals surface area contributed by atoms with Gasteiger partial charge in [-0.15, -0.1) is 0 Å². The number of hydrogen-bond donors (Lipinski definition) is 0. The smallest absolute Gasteiger partial charge is 0.181 e. The molecule has 0 bridgehead atoms. The quantitative estimate of drug-likeness (QED) is 0.300. The summed E-state index contributed by atoms with van der Waals surface area (Å²) in [5, 5.41) is 2.41. The van der Waals surface area contributed by atoms with Crippen molar-refractivity contribution in [2.45, 2.75) is 0 Å². The van der Waals surface area contributed by atoms with Crippen molar-refractivity contribution in [3.8, 4) is 44.8 Å². The number of aromatic nitrogens is 2. The summed E-state index contributed by atoms with van der Waals surface area (Å²) >= 11 is 0. The first-order valence-corrected chi connectivity index (χ1v) is 10.4. The molecule has 6 aromatic rings. The molecule has 6 rings (SSSR count). The lowest BCUT2D eigenvalue weighted by atomic mass is 9.91. The highest BCUT2D eigenvalue weighted by Crippen LogP contribution is 2.37. The van der Waals surface area contributed by atoms with Crippen molar-refractivity contribution in [3.05, 3.63) is 110 Å². The Morgan fingerprint density at radius 3 is 1.38 bits per heavy atom. The molecule has 0 aliphatic carbocycles. The Bertz CT molecular complexity index is 1400. The van der Waals surface area contributed by atoms with E-state index in [-0.39, 0.29) is 0 Å². The Balaban J connectivity index is 1.50. The van der Waals surface area contributed by atoms with Crippen LogP contribution in [0.5, 0.6) is 0 Å². The highest BCUT2D eigenvalue weighted by atomic mass is 16.3. The summed E-state index contributed by atoms with van der Waals surface area (Å²) in [6, 6.07) is 29.7. The van der Waals surface area contributed by atoms with E-state index in [9.17, 15) is 0 Å². The predicted octanol–water partition coefficient (Wildman–Crippen LogP) is 7.48. The average Bonchev–Trinajstić information content (AvgIpc) is 3.59. The van der Waals surface area contributed by atoms with Gasteiger partial charge < -0.3 is 8.83 Å². The van der Waals surface area contributed by atoms with Crippen LogP contribution >= 0.6 is 0 Å². The van der Waals surface area contributed by atoms with Crippen molar-refractivity contribution < 1.29 is 8.83 Å². The van der Waals surface area contributed by atoms with E-state index < -0.39 is 0 Å². The van der Waals surface area contributed by atoms with Gasteiger partial charge in [0.25, 0.3) is 0 Å². The molecule has 32 heavy (non-hydrogen) atoms. The zero-order valence-electron chi connectivity index (χ0n) is 17.1. The van der Waals surface area contributed by atoms with Crippen LogP contribution in [0.25, 0.3) is 55.5 Å². The van der Waals surface area contributed by atoms with Gasteiger partial charge in [-0.05, 0) is 45.2 Å². The van der Waals surface area contributed by atoms with Gasteiger partial charge in [-0.25, -0.2) is 9.97 Å². The molecule has 0 saturated carbocycles. The molecule has 0 fully saturated rings. The van der Waals surface area contributed by atoms with Crippen molar-refractivity contribution in [1.82, 2.24) is 9.97 Å². The number of nitrogens with zero attached hydrogens (tertiary/aromatic N) is 2. The summed E-state index contributed by atoms with van der Waals surface area (Å²) in [5.41, 5.74) is 8.38. The molecule has 2 aromatic heterocycles. The van der Waals surface area contributed by atoms with Crippen LogP contribution in [-0.2, 0) is 0 Å². The van der Waals surface area contributed by atoms with E-state index in [1.165, 1.54) is 34.7 Å². The Morgan fingerprint density at radius 2 is 0.938 bits per heavy atom. The minimum absolute atomic E-state index is 0.831. The highest BCUT2D eigenvalue weighted by molar-refractivity contribution is 6.05. The second kappa shape index (κ2) is 7.67. The Hall–Kier alpha value is -4.44. The van der Waals surface area contributed by atoms with Crippen LogP contribution in [-0.4, -0.2) is 9.97 Å². The fourth-order valence-electron chi connectivity index (χ4n) is 4.20. The Morgan fingerprint density at radius 1 is 0.469 bits per heavy atom. The molecule has 0 amide bonds. The second-order valence-electron chi connectivity index (χ2n) is 7.62. The van der Waals surface area contributed by atoms with Gasteiger partial charge >= 0.3 is 0 Å². The van der Waals surface area contributed by atoms with Crippen molar-refractivity contribution in [2.75, 3.05) is 0 Å². The topological polar surface area (TPSA) is 52.1 Å². The summed E-state index contributed by atoms with van der Waals surface area (Å²) in [5.74, 6) is 0. The molecule has 0 aliphatic heterocycles. The first-order valence-electron chi connectivity index (χ1n) is 10.4. The van der Waals surface area contributed by atoms with E-state index in [1.807, 2.05) is 12.1 Å². The van der Waals surface area contributed by atoms with Crippen LogP contribution in [0.2, 0.25) is 0 Å². The normalized spacial score (nSPS) is 11.1. The molecule has 0 saturated heterocycles. The lowest BCUT2D eigenvalue weighted by molar-refractivity contribution is 0.558. The van der Waals surface area contributed by atoms with Crippen LogP contribution in [0, 0.1) is 0 Å². The minimum atomic E-state index is 0.831. The molecule has 152 valence electrons. The first-order chi connectivity index (χ1) is 15.9. The van der Waals surface area contributed by atoms with Crippen LogP contribution in [0.3, 0.4) is 0 Å². The molecule has 4 heteroatoms. The van der Waals surface area contributed by atoms with Crippen LogP contribution in [0.4, 0.5) is 0 Å². The fourth-order valence-corrected chi connectivity index (χ4v) is 4.20. The third-order valence-corrected chi connectivity index (χ3v) is 5.73. The van der Waals surface area contributed by atoms with E-state index in [4.69, 9.17) is 8.83 Å². The first kappa shape index (κ1) is 18.3. The average molecular weight is 414 g/mol. The number of hydrogen-bond acceptors (Lipinski definition) is 4. The molecule has 0 aliphatic rings. The standard InChI is InChI=1S/C28H18N2O2/c1-2-10-26-24(20-6-4-8-22(14-20)28-16-32-18-30-28)12-11-23(25(26)9-1)19-5-3-7-21(13-19)27-15-31-17-29-27/h1-18H. The van der Waals surface area contributed by atoms with Gasteiger partial charge in [0.2, 0.25) is 0 Å². The lowest BCUT2D eigenvalue weighted by Gasteiger charge is -2.13. The number of oxazole rings is 2. The molecular weight excluding hydrogens is 396 g/mol. The van der Waals surface area contributed by atoms with Crippen LogP contribution in [0.15, 0.2) is 119 Å². The molecule has 4 aromatic carbocycles. The summed E-state index contributed by atoms with van der Waals surface area (Å²) in [6.07, 6.45) is 6.25. The van der Waals surface area contributed by atoms with Crippen LogP contribution in [0.1, 0.15) is 0 Å². The molecule has 0 unspecified atom stereocenters. The SMILES string of the molecule is c1cc(-c2cocn2)cc(-c2ccc(-c3cccc(-c4cocn4)c3)c3ccccc23)c1. The van der Waals surface area contributed by atoms with E-state index >= 15 is 0 Å². The third kappa shape index (κ3) is 3.19. The zero-order valence-corrected chi connectivity index (χ0v) is 17.1. The van der Waals surface area contributed by atoms with Crippen molar-refractivity contribution >= 4 is 10.8 Å². The maximum atomic E-state index is 5.16. The predicted molar refractivity (Wildman–Crippen MR) is 126 cm³/mol. The van der Waals surface area contributed by atoms with Crippen molar-refractivity contribution in [3.63, 3.8) is 0 Å². The maximum absolute atomic E-state index is 5.16. The van der Waals surface area contributed by atoms with E-state index in [0.29, 0.717) is 0 Å². The molecule has 4 nitrogen and oxygen atoms in total. The van der Waals surface area contributed by atoms with E-state index in [0.717, 1.165) is 33.6 Å². The Kier molecular flexibility index (Phi) is 4.40.